The molecule has 0 saturated carbocycles. The molecule has 90 valence electrons. The molecule has 0 fully saturated rings. The molecular formula is C11H12ClN3OS. The van der Waals surface area contributed by atoms with Gasteiger partial charge in [-0.2, -0.15) is 0 Å². The average molecular weight is 270 g/mol. The van der Waals surface area contributed by atoms with Gasteiger partial charge in [0.25, 0.3) is 5.22 Å². The number of aromatic nitrogens is 3. The van der Waals surface area contributed by atoms with Gasteiger partial charge in [-0.05, 0) is 26.8 Å². The highest BCUT2D eigenvalue weighted by Gasteiger charge is 2.08. The number of aryl methyl sites for hydroxylation is 3. The number of oxazole rings is 1. The zero-order valence-corrected chi connectivity index (χ0v) is 11.4. The summed E-state index contributed by atoms with van der Waals surface area (Å²) >= 11 is 7.33. The highest BCUT2D eigenvalue weighted by atomic mass is 35.5. The first-order valence-electron chi connectivity index (χ1n) is 5.11. The smallest absolute Gasteiger partial charge is 0.256 e. The Labute approximate surface area is 109 Å². The van der Waals surface area contributed by atoms with Crippen LogP contribution in [0.2, 0.25) is 5.15 Å². The highest BCUT2D eigenvalue weighted by molar-refractivity contribution is 7.98. The lowest BCUT2D eigenvalue weighted by Crippen LogP contribution is -1.95. The van der Waals surface area contributed by atoms with Crippen molar-refractivity contribution in [1.82, 2.24) is 15.0 Å². The molecule has 0 amide bonds. The van der Waals surface area contributed by atoms with Crippen LogP contribution in [0.1, 0.15) is 23.0 Å². The molecule has 2 heterocycles. The zero-order valence-electron chi connectivity index (χ0n) is 9.82. The third-order valence-electron chi connectivity index (χ3n) is 2.20. The lowest BCUT2D eigenvalue weighted by atomic mass is 10.4. The minimum absolute atomic E-state index is 0.466. The van der Waals surface area contributed by atoms with Crippen molar-refractivity contribution in [2.24, 2.45) is 0 Å². The molecule has 17 heavy (non-hydrogen) atoms. The summed E-state index contributed by atoms with van der Waals surface area (Å²) in [4.78, 5) is 12.7. The van der Waals surface area contributed by atoms with Crippen LogP contribution in [-0.2, 0) is 5.75 Å². The fourth-order valence-electron chi connectivity index (χ4n) is 1.28. The maximum absolute atomic E-state index is 5.86. The summed E-state index contributed by atoms with van der Waals surface area (Å²) in [6.45, 7) is 5.70. The van der Waals surface area contributed by atoms with E-state index in [9.17, 15) is 0 Å². The molecular weight excluding hydrogens is 258 g/mol. The summed E-state index contributed by atoms with van der Waals surface area (Å²) in [5.74, 6) is 2.13. The van der Waals surface area contributed by atoms with E-state index >= 15 is 0 Å². The molecule has 0 aliphatic rings. The van der Waals surface area contributed by atoms with E-state index in [2.05, 4.69) is 15.0 Å². The Kier molecular flexibility index (Phi) is 3.69. The van der Waals surface area contributed by atoms with E-state index < -0.39 is 0 Å². The first kappa shape index (κ1) is 12.4. The number of rotatable bonds is 3. The van der Waals surface area contributed by atoms with Crippen LogP contribution in [0.25, 0.3) is 0 Å². The van der Waals surface area contributed by atoms with Gasteiger partial charge < -0.3 is 4.42 Å². The number of nitrogens with zero attached hydrogens (tertiary/aromatic N) is 3. The Hall–Kier alpha value is -1.07. The second kappa shape index (κ2) is 5.06. The van der Waals surface area contributed by atoms with Crippen LogP contribution in [0.3, 0.4) is 0 Å². The van der Waals surface area contributed by atoms with Gasteiger partial charge in [-0.3, -0.25) is 0 Å². The Morgan fingerprint density at radius 2 is 2.00 bits per heavy atom. The van der Waals surface area contributed by atoms with Gasteiger partial charge in [0.05, 0.1) is 11.4 Å². The predicted molar refractivity (Wildman–Crippen MR) is 67.3 cm³/mol. The van der Waals surface area contributed by atoms with Gasteiger partial charge in [0.15, 0.2) is 0 Å². The Morgan fingerprint density at radius 1 is 1.24 bits per heavy atom. The van der Waals surface area contributed by atoms with Gasteiger partial charge in [-0.1, -0.05) is 23.4 Å². The van der Waals surface area contributed by atoms with Crippen molar-refractivity contribution in [3.8, 4) is 0 Å². The van der Waals surface area contributed by atoms with E-state index in [0.29, 0.717) is 22.0 Å². The van der Waals surface area contributed by atoms with Crippen molar-refractivity contribution >= 4 is 23.4 Å². The van der Waals surface area contributed by atoms with Gasteiger partial charge in [0, 0.05) is 5.69 Å². The minimum Gasteiger partial charge on any atom is -0.437 e. The minimum atomic E-state index is 0.466. The van der Waals surface area contributed by atoms with E-state index in [1.165, 1.54) is 11.8 Å². The molecule has 0 unspecified atom stereocenters. The van der Waals surface area contributed by atoms with Gasteiger partial charge in [0.1, 0.15) is 16.7 Å². The normalized spacial score (nSPS) is 10.8. The topological polar surface area (TPSA) is 51.8 Å². The van der Waals surface area contributed by atoms with Crippen LogP contribution >= 0.6 is 23.4 Å². The van der Waals surface area contributed by atoms with Gasteiger partial charge in [-0.25, -0.2) is 15.0 Å². The summed E-state index contributed by atoms with van der Waals surface area (Å²) in [6.07, 6.45) is 0. The second-order valence-electron chi connectivity index (χ2n) is 3.66. The maximum atomic E-state index is 5.86. The highest BCUT2D eigenvalue weighted by Crippen LogP contribution is 2.23. The largest absolute Gasteiger partial charge is 0.437 e. The van der Waals surface area contributed by atoms with E-state index in [0.717, 1.165) is 17.1 Å². The van der Waals surface area contributed by atoms with Crippen molar-refractivity contribution < 1.29 is 4.42 Å². The quantitative estimate of drug-likeness (QED) is 0.632. The maximum Gasteiger partial charge on any atom is 0.256 e. The monoisotopic (exact) mass is 269 g/mol. The third-order valence-corrected chi connectivity index (χ3v) is 3.22. The number of hydrogen-bond acceptors (Lipinski definition) is 5. The van der Waals surface area contributed by atoms with Crippen LogP contribution in [0, 0.1) is 20.8 Å². The Morgan fingerprint density at radius 3 is 2.59 bits per heavy atom. The summed E-state index contributed by atoms with van der Waals surface area (Å²) in [5, 5.41) is 1.11. The molecule has 2 aromatic heterocycles. The zero-order chi connectivity index (χ0) is 12.4. The van der Waals surface area contributed by atoms with Gasteiger partial charge >= 0.3 is 0 Å². The molecule has 0 aliphatic heterocycles. The van der Waals surface area contributed by atoms with E-state index in [1.807, 2.05) is 20.8 Å². The molecule has 4 nitrogen and oxygen atoms in total. The fraction of sp³-hybridized carbons (Fsp3) is 0.364. The van der Waals surface area contributed by atoms with Crippen molar-refractivity contribution in [3.63, 3.8) is 0 Å². The molecule has 6 heteroatoms. The predicted octanol–water partition coefficient (Wildman–Crippen LogP) is 3.34. The van der Waals surface area contributed by atoms with Crippen molar-refractivity contribution in [3.05, 3.63) is 34.2 Å². The van der Waals surface area contributed by atoms with Crippen LogP contribution in [0.5, 0.6) is 0 Å². The van der Waals surface area contributed by atoms with Crippen LogP contribution in [0.15, 0.2) is 15.7 Å². The van der Waals surface area contributed by atoms with Crippen LogP contribution in [0.4, 0.5) is 0 Å². The Bertz CT molecular complexity index is 502. The molecule has 0 radical (unpaired) electrons. The summed E-state index contributed by atoms with van der Waals surface area (Å²) in [7, 11) is 0. The Balaban J connectivity index is 2.07. The summed E-state index contributed by atoms with van der Waals surface area (Å²) in [5.41, 5.74) is 1.77. The van der Waals surface area contributed by atoms with E-state index in [1.54, 1.807) is 6.07 Å². The SMILES string of the molecule is Cc1cc(Cl)nc(CSc2nc(C)c(C)o2)n1. The molecule has 0 bridgehead atoms. The molecule has 2 rings (SSSR count). The number of hydrogen-bond donors (Lipinski definition) is 0. The molecule has 0 aliphatic carbocycles. The number of thioether (sulfide) groups is 1. The molecule has 2 aromatic rings. The standard InChI is InChI=1S/C11H12ClN3OS/c1-6-4-9(12)15-10(13-6)5-17-11-14-7(2)8(3)16-11/h4H,5H2,1-3H3. The van der Waals surface area contributed by atoms with Crippen LogP contribution in [-0.4, -0.2) is 15.0 Å². The molecule has 0 atom stereocenters. The summed E-state index contributed by atoms with van der Waals surface area (Å²) in [6, 6.07) is 1.73. The molecule has 0 aromatic carbocycles. The first-order chi connectivity index (χ1) is 8.04. The molecule has 0 spiro atoms. The van der Waals surface area contributed by atoms with E-state index in [-0.39, 0.29) is 0 Å². The van der Waals surface area contributed by atoms with Crippen molar-refractivity contribution in [2.45, 2.75) is 31.7 Å². The van der Waals surface area contributed by atoms with E-state index in [4.69, 9.17) is 16.0 Å². The lowest BCUT2D eigenvalue weighted by Gasteiger charge is -1.99. The van der Waals surface area contributed by atoms with Crippen LogP contribution < -0.4 is 0 Å². The van der Waals surface area contributed by atoms with Gasteiger partial charge in [0.2, 0.25) is 0 Å². The van der Waals surface area contributed by atoms with Gasteiger partial charge in [-0.15, -0.1) is 0 Å². The molecule has 0 saturated heterocycles. The second-order valence-corrected chi connectivity index (χ2v) is 4.97. The lowest BCUT2D eigenvalue weighted by molar-refractivity contribution is 0.431. The molecule has 0 N–H and O–H groups in total. The average Bonchev–Trinajstić information content (AvgIpc) is 2.54. The van der Waals surface area contributed by atoms with Crippen molar-refractivity contribution in [2.75, 3.05) is 0 Å². The third kappa shape index (κ3) is 3.20. The van der Waals surface area contributed by atoms with Crippen molar-refractivity contribution in [1.29, 1.82) is 0 Å². The number of halogens is 1. The summed E-state index contributed by atoms with van der Waals surface area (Å²) < 4.78 is 5.46. The fourth-order valence-corrected chi connectivity index (χ4v) is 2.31. The first-order valence-corrected chi connectivity index (χ1v) is 6.48.